The Morgan fingerprint density at radius 1 is 1.24 bits per heavy atom. The van der Waals surface area contributed by atoms with Crippen molar-refractivity contribution in [1.82, 2.24) is 0 Å². The van der Waals surface area contributed by atoms with Gasteiger partial charge in [-0.25, -0.2) is 4.79 Å². The second-order valence-electron chi connectivity index (χ2n) is 4.77. The van der Waals surface area contributed by atoms with Crippen LogP contribution in [0, 0.1) is 0 Å². The topological polar surface area (TPSA) is 62.7 Å². The zero-order valence-electron chi connectivity index (χ0n) is 10.5. The fraction of sp³-hybridized carbons (Fsp3) is 0.385. The van der Waals surface area contributed by atoms with Crippen LogP contribution >= 0.6 is 0 Å². The maximum absolute atomic E-state index is 11.3. The van der Waals surface area contributed by atoms with Gasteiger partial charge >= 0.3 is 11.7 Å². The molecule has 0 aliphatic heterocycles. The zero-order chi connectivity index (χ0) is 13.1. The first-order chi connectivity index (χ1) is 7.90. The van der Waals surface area contributed by atoms with Crippen LogP contribution in [0.3, 0.4) is 0 Å². The standard InChI is InChI=1S/C13H16N2O2/c1-13(2,3)10-7-5-9(6-8-10)11(15-14)12(16)17-4/h5-8H,1-4H3. The number of hydrogen-bond acceptors (Lipinski definition) is 2. The molecule has 1 rings (SSSR count). The monoisotopic (exact) mass is 232 g/mol. The molecule has 0 amide bonds. The van der Waals surface area contributed by atoms with E-state index in [1.54, 1.807) is 12.1 Å². The van der Waals surface area contributed by atoms with Crippen LogP contribution in [-0.4, -0.2) is 23.6 Å². The van der Waals surface area contributed by atoms with Crippen molar-refractivity contribution in [2.75, 3.05) is 7.11 Å². The van der Waals surface area contributed by atoms with Gasteiger partial charge in [-0.2, -0.15) is 4.79 Å². The molecule has 0 unspecified atom stereocenters. The van der Waals surface area contributed by atoms with Gasteiger partial charge in [0.05, 0.1) is 12.7 Å². The van der Waals surface area contributed by atoms with Gasteiger partial charge in [-0.15, -0.1) is 0 Å². The summed E-state index contributed by atoms with van der Waals surface area (Å²) in [7, 11) is 1.25. The first-order valence-electron chi connectivity index (χ1n) is 5.31. The van der Waals surface area contributed by atoms with Gasteiger partial charge in [-0.3, -0.25) is 0 Å². The smallest absolute Gasteiger partial charge is 0.422 e. The number of esters is 1. The SMILES string of the molecule is COC(=O)C(=[N+]=[N-])c1ccc(C(C)(C)C)cc1. The molecule has 0 saturated carbocycles. The molecule has 17 heavy (non-hydrogen) atoms. The first kappa shape index (κ1) is 13.1. The summed E-state index contributed by atoms with van der Waals surface area (Å²) in [5, 5.41) is 0. The summed E-state index contributed by atoms with van der Waals surface area (Å²) in [5.74, 6) is -0.656. The van der Waals surface area contributed by atoms with Gasteiger partial charge < -0.3 is 10.3 Å². The summed E-state index contributed by atoms with van der Waals surface area (Å²) < 4.78 is 4.53. The molecule has 0 spiro atoms. The molecule has 0 atom stereocenters. The van der Waals surface area contributed by atoms with Crippen molar-refractivity contribution < 1.29 is 14.3 Å². The van der Waals surface area contributed by atoms with Crippen LogP contribution in [0.25, 0.3) is 5.53 Å². The Balaban J connectivity index is 3.11. The van der Waals surface area contributed by atoms with E-state index in [-0.39, 0.29) is 11.1 Å². The molecule has 0 N–H and O–H groups in total. The zero-order valence-corrected chi connectivity index (χ0v) is 10.5. The molecule has 4 nitrogen and oxygen atoms in total. The molecule has 0 radical (unpaired) electrons. The minimum Gasteiger partial charge on any atom is -0.460 e. The summed E-state index contributed by atoms with van der Waals surface area (Å²) in [6.45, 7) is 6.30. The van der Waals surface area contributed by atoms with Gasteiger partial charge in [0.25, 0.3) is 0 Å². The van der Waals surface area contributed by atoms with Crippen molar-refractivity contribution in [3.63, 3.8) is 0 Å². The van der Waals surface area contributed by atoms with E-state index < -0.39 is 5.97 Å². The average molecular weight is 232 g/mol. The number of carbonyl (C=O) groups excluding carboxylic acids is 1. The number of nitrogens with zero attached hydrogens (tertiary/aromatic N) is 2. The fourth-order valence-corrected chi connectivity index (χ4v) is 1.44. The molecule has 0 aliphatic carbocycles. The van der Waals surface area contributed by atoms with Gasteiger partial charge in [0.1, 0.15) is 0 Å². The van der Waals surface area contributed by atoms with Crippen LogP contribution in [-0.2, 0) is 14.9 Å². The summed E-state index contributed by atoms with van der Waals surface area (Å²) in [6, 6.07) is 7.30. The number of ether oxygens (including phenoxy) is 1. The Morgan fingerprint density at radius 3 is 2.12 bits per heavy atom. The third-order valence-corrected chi connectivity index (χ3v) is 2.50. The Kier molecular flexibility index (Phi) is 3.81. The highest BCUT2D eigenvalue weighted by molar-refractivity contribution is 6.40. The summed E-state index contributed by atoms with van der Waals surface area (Å²) in [5.41, 5.74) is 10.4. The second-order valence-corrected chi connectivity index (χ2v) is 4.77. The van der Waals surface area contributed by atoms with E-state index in [4.69, 9.17) is 5.53 Å². The Hall–Kier alpha value is -1.93. The predicted octanol–water partition coefficient (Wildman–Crippen LogP) is 2.18. The van der Waals surface area contributed by atoms with E-state index in [2.05, 4.69) is 30.3 Å². The minimum absolute atomic E-state index is 0.0420. The van der Waals surface area contributed by atoms with E-state index in [1.807, 2.05) is 12.1 Å². The van der Waals surface area contributed by atoms with Crippen LogP contribution in [0.2, 0.25) is 0 Å². The van der Waals surface area contributed by atoms with Crippen molar-refractivity contribution in [2.24, 2.45) is 0 Å². The Morgan fingerprint density at radius 2 is 1.76 bits per heavy atom. The average Bonchev–Trinajstić information content (AvgIpc) is 2.29. The van der Waals surface area contributed by atoms with Gasteiger partial charge in [0, 0.05) is 0 Å². The normalized spacial score (nSPS) is 10.6. The molecule has 1 aromatic carbocycles. The van der Waals surface area contributed by atoms with Crippen molar-refractivity contribution in [3.05, 3.63) is 40.9 Å². The van der Waals surface area contributed by atoms with Crippen LogP contribution in [0.15, 0.2) is 24.3 Å². The lowest BCUT2D eigenvalue weighted by Crippen LogP contribution is -2.18. The van der Waals surface area contributed by atoms with Crippen molar-refractivity contribution in [1.29, 1.82) is 0 Å². The molecule has 0 aliphatic rings. The van der Waals surface area contributed by atoms with Gasteiger partial charge in [0.2, 0.25) is 0 Å². The quantitative estimate of drug-likeness (QED) is 0.339. The fourth-order valence-electron chi connectivity index (χ4n) is 1.44. The molecule has 0 aromatic heterocycles. The molecule has 1 aromatic rings. The lowest BCUT2D eigenvalue weighted by Gasteiger charge is -2.18. The van der Waals surface area contributed by atoms with E-state index in [0.717, 1.165) is 5.56 Å². The van der Waals surface area contributed by atoms with Crippen LogP contribution in [0.4, 0.5) is 0 Å². The lowest BCUT2D eigenvalue weighted by atomic mass is 9.86. The minimum atomic E-state index is -0.656. The number of methoxy groups -OCH3 is 1. The van der Waals surface area contributed by atoms with Crippen molar-refractivity contribution >= 4 is 11.7 Å². The second kappa shape index (κ2) is 4.93. The van der Waals surface area contributed by atoms with Gasteiger partial charge in [0.15, 0.2) is 0 Å². The summed E-state index contributed by atoms with van der Waals surface area (Å²) >= 11 is 0. The summed E-state index contributed by atoms with van der Waals surface area (Å²) in [4.78, 5) is 14.3. The molecule has 0 bridgehead atoms. The van der Waals surface area contributed by atoms with Crippen molar-refractivity contribution in [3.8, 4) is 0 Å². The highest BCUT2D eigenvalue weighted by Gasteiger charge is 2.24. The van der Waals surface area contributed by atoms with E-state index in [0.29, 0.717) is 5.56 Å². The first-order valence-corrected chi connectivity index (χ1v) is 5.31. The van der Waals surface area contributed by atoms with Crippen LogP contribution in [0.1, 0.15) is 31.9 Å². The molecule has 0 heterocycles. The van der Waals surface area contributed by atoms with E-state index >= 15 is 0 Å². The summed E-state index contributed by atoms with van der Waals surface area (Å²) in [6.07, 6.45) is 0. The maximum atomic E-state index is 11.3. The third-order valence-electron chi connectivity index (χ3n) is 2.50. The number of carbonyl (C=O) groups is 1. The Labute approximate surface area is 101 Å². The lowest BCUT2D eigenvalue weighted by molar-refractivity contribution is -0.137. The van der Waals surface area contributed by atoms with Crippen molar-refractivity contribution in [2.45, 2.75) is 26.2 Å². The van der Waals surface area contributed by atoms with Gasteiger partial charge in [-0.05, 0) is 23.1 Å². The van der Waals surface area contributed by atoms with Crippen LogP contribution in [0.5, 0.6) is 0 Å². The van der Waals surface area contributed by atoms with Crippen LogP contribution < -0.4 is 0 Å². The highest BCUT2D eigenvalue weighted by atomic mass is 16.5. The van der Waals surface area contributed by atoms with Gasteiger partial charge in [-0.1, -0.05) is 32.9 Å². The number of rotatable bonds is 2. The van der Waals surface area contributed by atoms with E-state index in [9.17, 15) is 4.79 Å². The predicted molar refractivity (Wildman–Crippen MR) is 64.9 cm³/mol. The third kappa shape index (κ3) is 3.02. The number of benzene rings is 1. The largest absolute Gasteiger partial charge is 0.460 e. The maximum Gasteiger partial charge on any atom is 0.422 e. The molecule has 90 valence electrons. The molecule has 0 fully saturated rings. The molecule has 4 heteroatoms. The Bertz CT molecular complexity index is 463. The van der Waals surface area contributed by atoms with E-state index in [1.165, 1.54) is 7.11 Å². The molecule has 0 saturated heterocycles. The molecular formula is C13H16N2O2. The number of hydrogen-bond donors (Lipinski definition) is 0. The molecular weight excluding hydrogens is 216 g/mol. The highest BCUT2D eigenvalue weighted by Crippen LogP contribution is 2.22.